The minimum Gasteiger partial charge on any atom is -0.495 e. The van der Waals surface area contributed by atoms with Gasteiger partial charge in [-0.3, -0.25) is 0 Å². The lowest BCUT2D eigenvalue weighted by Gasteiger charge is -2.17. The molecule has 0 aliphatic heterocycles. The van der Waals surface area contributed by atoms with E-state index in [0.717, 1.165) is 21.3 Å². The maximum Gasteiger partial charge on any atom is 0.146 e. The van der Waals surface area contributed by atoms with E-state index in [-0.39, 0.29) is 5.92 Å². The number of nitrogen functional groups attached to an aromatic ring is 1. The molecule has 6 heteroatoms. The standard InChI is InChI=1S/C15H18BrN3O2/c1-8(2)11-13(18-7-19-15(11)17)9-5-6-10(20-3)12(16)14(9)21-4/h5-8H,1-4H3,(H2,17,18,19). The van der Waals surface area contributed by atoms with Gasteiger partial charge < -0.3 is 15.2 Å². The van der Waals surface area contributed by atoms with Gasteiger partial charge in [0.1, 0.15) is 28.1 Å². The van der Waals surface area contributed by atoms with Gasteiger partial charge in [-0.1, -0.05) is 13.8 Å². The van der Waals surface area contributed by atoms with Gasteiger partial charge >= 0.3 is 0 Å². The predicted molar refractivity (Wildman–Crippen MR) is 86.8 cm³/mol. The first kappa shape index (κ1) is 15.6. The average Bonchev–Trinajstić information content (AvgIpc) is 2.46. The quantitative estimate of drug-likeness (QED) is 0.910. The molecular formula is C15H18BrN3O2. The number of hydrogen-bond donors (Lipinski definition) is 1. The monoisotopic (exact) mass is 351 g/mol. The molecule has 0 spiro atoms. The second-order valence-electron chi connectivity index (χ2n) is 4.84. The molecule has 2 rings (SSSR count). The molecule has 0 atom stereocenters. The Morgan fingerprint density at radius 3 is 2.43 bits per heavy atom. The number of nitrogens with two attached hydrogens (primary N) is 1. The third-order valence-corrected chi connectivity index (χ3v) is 3.98. The normalized spacial score (nSPS) is 10.8. The number of ether oxygens (including phenoxy) is 2. The first-order valence-electron chi connectivity index (χ1n) is 6.52. The highest BCUT2D eigenvalue weighted by Gasteiger charge is 2.20. The number of hydrogen-bond acceptors (Lipinski definition) is 5. The Hall–Kier alpha value is -1.82. The number of halogens is 1. The summed E-state index contributed by atoms with van der Waals surface area (Å²) in [7, 11) is 3.23. The summed E-state index contributed by atoms with van der Waals surface area (Å²) in [5.74, 6) is 2.05. The second kappa shape index (κ2) is 6.30. The fourth-order valence-corrected chi connectivity index (χ4v) is 2.94. The van der Waals surface area contributed by atoms with Gasteiger partial charge in [-0.15, -0.1) is 0 Å². The van der Waals surface area contributed by atoms with E-state index < -0.39 is 0 Å². The molecule has 21 heavy (non-hydrogen) atoms. The lowest BCUT2D eigenvalue weighted by molar-refractivity contribution is 0.390. The fourth-order valence-electron chi connectivity index (χ4n) is 2.27. The molecule has 0 saturated heterocycles. The van der Waals surface area contributed by atoms with E-state index in [1.165, 1.54) is 6.33 Å². The van der Waals surface area contributed by atoms with Crippen molar-refractivity contribution in [3.63, 3.8) is 0 Å². The first-order chi connectivity index (χ1) is 10.0. The number of methoxy groups -OCH3 is 2. The van der Waals surface area contributed by atoms with Crippen molar-refractivity contribution < 1.29 is 9.47 Å². The lowest BCUT2D eigenvalue weighted by Crippen LogP contribution is -2.05. The molecular weight excluding hydrogens is 334 g/mol. The van der Waals surface area contributed by atoms with E-state index in [1.807, 2.05) is 12.1 Å². The Kier molecular flexibility index (Phi) is 4.67. The summed E-state index contributed by atoms with van der Waals surface area (Å²) in [4.78, 5) is 8.49. The van der Waals surface area contributed by atoms with Crippen LogP contribution in [0.5, 0.6) is 11.5 Å². The van der Waals surface area contributed by atoms with Crippen LogP contribution in [0.4, 0.5) is 5.82 Å². The summed E-state index contributed by atoms with van der Waals surface area (Å²) in [6.07, 6.45) is 1.47. The van der Waals surface area contributed by atoms with Crippen LogP contribution in [0, 0.1) is 0 Å². The molecule has 0 aliphatic rings. The summed E-state index contributed by atoms with van der Waals surface area (Å²) in [5, 5.41) is 0. The van der Waals surface area contributed by atoms with Gasteiger partial charge in [-0.25, -0.2) is 9.97 Å². The van der Waals surface area contributed by atoms with Gasteiger partial charge in [-0.05, 0) is 34.0 Å². The Labute approximate surface area is 132 Å². The van der Waals surface area contributed by atoms with Crippen molar-refractivity contribution >= 4 is 21.7 Å². The molecule has 1 aromatic carbocycles. The van der Waals surface area contributed by atoms with Crippen molar-refractivity contribution in [1.82, 2.24) is 9.97 Å². The smallest absolute Gasteiger partial charge is 0.146 e. The molecule has 0 amide bonds. The van der Waals surface area contributed by atoms with Crippen LogP contribution in [0.1, 0.15) is 25.3 Å². The van der Waals surface area contributed by atoms with E-state index in [4.69, 9.17) is 15.2 Å². The SMILES string of the molecule is COc1ccc(-c2ncnc(N)c2C(C)C)c(OC)c1Br. The molecule has 0 radical (unpaired) electrons. The molecule has 112 valence electrons. The number of aromatic nitrogens is 2. The van der Waals surface area contributed by atoms with E-state index in [2.05, 4.69) is 39.7 Å². The molecule has 1 aromatic heterocycles. The highest BCUT2D eigenvalue weighted by molar-refractivity contribution is 9.10. The van der Waals surface area contributed by atoms with Crippen LogP contribution in [0.2, 0.25) is 0 Å². The molecule has 0 unspecified atom stereocenters. The molecule has 2 N–H and O–H groups in total. The minimum atomic E-state index is 0.201. The molecule has 0 fully saturated rings. The van der Waals surface area contributed by atoms with E-state index >= 15 is 0 Å². The summed E-state index contributed by atoms with van der Waals surface area (Å²) in [6, 6.07) is 3.78. The highest BCUT2D eigenvalue weighted by atomic mass is 79.9. The Balaban J connectivity index is 2.74. The maximum absolute atomic E-state index is 6.02. The van der Waals surface area contributed by atoms with E-state index in [9.17, 15) is 0 Å². The summed E-state index contributed by atoms with van der Waals surface area (Å²) in [6.45, 7) is 4.12. The van der Waals surface area contributed by atoms with Crippen molar-refractivity contribution in [3.05, 3.63) is 28.5 Å². The van der Waals surface area contributed by atoms with Crippen LogP contribution in [0.15, 0.2) is 22.9 Å². The number of benzene rings is 1. The van der Waals surface area contributed by atoms with Gasteiger partial charge in [0, 0.05) is 11.1 Å². The average molecular weight is 352 g/mol. The van der Waals surface area contributed by atoms with Crippen molar-refractivity contribution in [3.8, 4) is 22.8 Å². The Bertz CT molecular complexity index is 660. The second-order valence-corrected chi connectivity index (χ2v) is 5.63. The van der Waals surface area contributed by atoms with Crippen molar-refractivity contribution in [2.45, 2.75) is 19.8 Å². The van der Waals surface area contributed by atoms with E-state index in [1.54, 1.807) is 14.2 Å². The zero-order valence-electron chi connectivity index (χ0n) is 12.5. The van der Waals surface area contributed by atoms with Gasteiger partial charge in [-0.2, -0.15) is 0 Å². The van der Waals surface area contributed by atoms with E-state index in [0.29, 0.717) is 17.3 Å². The minimum absolute atomic E-state index is 0.201. The van der Waals surface area contributed by atoms with Crippen molar-refractivity contribution in [1.29, 1.82) is 0 Å². The zero-order valence-corrected chi connectivity index (χ0v) is 14.1. The van der Waals surface area contributed by atoms with Crippen molar-refractivity contribution in [2.24, 2.45) is 0 Å². The van der Waals surface area contributed by atoms with Crippen LogP contribution in [0.25, 0.3) is 11.3 Å². The van der Waals surface area contributed by atoms with Crippen LogP contribution in [-0.4, -0.2) is 24.2 Å². The summed E-state index contributed by atoms with van der Waals surface area (Å²) >= 11 is 3.51. The summed E-state index contributed by atoms with van der Waals surface area (Å²) in [5.41, 5.74) is 8.55. The van der Waals surface area contributed by atoms with Crippen molar-refractivity contribution in [2.75, 3.05) is 20.0 Å². The highest BCUT2D eigenvalue weighted by Crippen LogP contribution is 2.43. The van der Waals surface area contributed by atoms with Crippen LogP contribution < -0.4 is 15.2 Å². The summed E-state index contributed by atoms with van der Waals surface area (Å²) < 4.78 is 11.6. The number of nitrogens with zero attached hydrogens (tertiary/aromatic N) is 2. The topological polar surface area (TPSA) is 70.3 Å². The zero-order chi connectivity index (χ0) is 15.6. The molecule has 1 heterocycles. The lowest BCUT2D eigenvalue weighted by atomic mass is 9.97. The molecule has 0 aliphatic carbocycles. The third-order valence-electron chi connectivity index (χ3n) is 3.23. The maximum atomic E-state index is 6.02. The van der Waals surface area contributed by atoms with Crippen LogP contribution >= 0.6 is 15.9 Å². The Morgan fingerprint density at radius 1 is 1.14 bits per heavy atom. The fraction of sp³-hybridized carbons (Fsp3) is 0.333. The van der Waals surface area contributed by atoms with Gasteiger partial charge in [0.15, 0.2) is 0 Å². The first-order valence-corrected chi connectivity index (χ1v) is 7.31. The molecule has 0 saturated carbocycles. The van der Waals surface area contributed by atoms with Gasteiger partial charge in [0.05, 0.1) is 19.9 Å². The van der Waals surface area contributed by atoms with Gasteiger partial charge in [0.2, 0.25) is 0 Å². The predicted octanol–water partition coefficient (Wildman–Crippen LogP) is 3.63. The van der Waals surface area contributed by atoms with Crippen LogP contribution in [0.3, 0.4) is 0 Å². The molecule has 2 aromatic rings. The number of rotatable bonds is 4. The largest absolute Gasteiger partial charge is 0.495 e. The Morgan fingerprint density at radius 2 is 1.86 bits per heavy atom. The van der Waals surface area contributed by atoms with Gasteiger partial charge in [0.25, 0.3) is 0 Å². The molecule has 0 bridgehead atoms. The van der Waals surface area contributed by atoms with Crippen LogP contribution in [-0.2, 0) is 0 Å². The number of anilines is 1. The molecule has 5 nitrogen and oxygen atoms in total. The third kappa shape index (κ3) is 2.81.